The largest absolute Gasteiger partial charge is 0.383 e. The Kier molecular flexibility index (Phi) is 6.84. The van der Waals surface area contributed by atoms with E-state index in [-0.39, 0.29) is 5.91 Å². The van der Waals surface area contributed by atoms with Crippen LogP contribution in [0.25, 0.3) is 0 Å². The molecule has 0 N–H and O–H groups in total. The molecule has 1 aliphatic rings. The van der Waals surface area contributed by atoms with Crippen LogP contribution in [-0.4, -0.2) is 51.3 Å². The number of hydrogen-bond acceptors (Lipinski definition) is 4. The maximum absolute atomic E-state index is 13.0. The summed E-state index contributed by atoms with van der Waals surface area (Å²) in [7, 11) is 3.33. The highest BCUT2D eigenvalue weighted by molar-refractivity contribution is 7.10. The van der Waals surface area contributed by atoms with Gasteiger partial charge in [0.1, 0.15) is 0 Å². The van der Waals surface area contributed by atoms with Crippen LogP contribution in [0.5, 0.6) is 0 Å². The average molecular weight is 354 g/mol. The maximum atomic E-state index is 13.0. The zero-order chi connectivity index (χ0) is 17.7. The standard InChI is InChI=1S/C19H31NO3S/c1-19(2,3)14-6-7-15-16(13-24-17(15)12-14)18(21)20(8-10-22-4)9-11-23-5/h13-14H,6-12H2,1-5H3. The van der Waals surface area contributed by atoms with Gasteiger partial charge in [0.2, 0.25) is 0 Å². The van der Waals surface area contributed by atoms with Gasteiger partial charge in [-0.15, -0.1) is 11.3 Å². The van der Waals surface area contributed by atoms with Gasteiger partial charge in [0.15, 0.2) is 0 Å². The molecule has 24 heavy (non-hydrogen) atoms. The van der Waals surface area contributed by atoms with Crippen LogP contribution in [0.4, 0.5) is 0 Å². The lowest BCUT2D eigenvalue weighted by molar-refractivity contribution is 0.0626. The number of rotatable bonds is 7. The summed E-state index contributed by atoms with van der Waals surface area (Å²) in [5.41, 5.74) is 2.51. The number of carbonyl (C=O) groups excluding carboxylic acids is 1. The first kappa shape index (κ1) is 19.4. The van der Waals surface area contributed by atoms with Crippen LogP contribution < -0.4 is 0 Å². The van der Waals surface area contributed by atoms with Gasteiger partial charge in [0.05, 0.1) is 18.8 Å². The number of hydrogen-bond donors (Lipinski definition) is 0. The predicted molar refractivity (Wildman–Crippen MR) is 98.9 cm³/mol. The van der Waals surface area contributed by atoms with Crippen molar-refractivity contribution < 1.29 is 14.3 Å². The summed E-state index contributed by atoms with van der Waals surface area (Å²) in [5.74, 6) is 0.820. The first-order valence-electron chi connectivity index (χ1n) is 8.74. The van der Waals surface area contributed by atoms with Crippen LogP contribution in [0.15, 0.2) is 5.38 Å². The molecule has 1 aromatic heterocycles. The van der Waals surface area contributed by atoms with E-state index in [0.717, 1.165) is 18.4 Å². The summed E-state index contributed by atoms with van der Waals surface area (Å²) in [6.07, 6.45) is 3.29. The van der Waals surface area contributed by atoms with Crippen molar-refractivity contribution in [3.8, 4) is 0 Å². The molecule has 1 aliphatic carbocycles. The molecule has 0 spiro atoms. The molecule has 0 aliphatic heterocycles. The minimum atomic E-state index is 0.121. The zero-order valence-corrected chi connectivity index (χ0v) is 16.5. The lowest BCUT2D eigenvalue weighted by Gasteiger charge is -2.34. The first-order chi connectivity index (χ1) is 11.4. The normalized spacial score (nSPS) is 17.6. The molecule has 5 heteroatoms. The molecule has 4 nitrogen and oxygen atoms in total. The second kappa shape index (κ2) is 8.45. The summed E-state index contributed by atoms with van der Waals surface area (Å²) in [4.78, 5) is 16.2. The Balaban J connectivity index is 2.14. The third kappa shape index (κ3) is 4.58. The fraction of sp³-hybridized carbons (Fsp3) is 0.737. The molecule has 0 saturated heterocycles. The Bertz CT molecular complexity index is 539. The van der Waals surface area contributed by atoms with Crippen molar-refractivity contribution >= 4 is 17.2 Å². The van der Waals surface area contributed by atoms with Crippen molar-refractivity contribution in [3.63, 3.8) is 0 Å². The molecule has 0 fully saturated rings. The molecule has 0 saturated carbocycles. The SMILES string of the molecule is COCCN(CCOC)C(=O)c1csc2c1CCC(C(C)(C)C)C2. The van der Waals surface area contributed by atoms with Gasteiger partial charge in [0, 0.05) is 37.6 Å². The number of carbonyl (C=O) groups is 1. The number of methoxy groups -OCH3 is 2. The van der Waals surface area contributed by atoms with Gasteiger partial charge in [-0.05, 0) is 36.2 Å². The van der Waals surface area contributed by atoms with Crippen molar-refractivity contribution in [1.29, 1.82) is 0 Å². The van der Waals surface area contributed by atoms with Crippen molar-refractivity contribution in [1.82, 2.24) is 4.90 Å². The Morgan fingerprint density at radius 3 is 2.42 bits per heavy atom. The highest BCUT2D eigenvalue weighted by Gasteiger charge is 2.32. The molecule has 136 valence electrons. The van der Waals surface area contributed by atoms with Gasteiger partial charge in [-0.2, -0.15) is 0 Å². The molecule has 1 amide bonds. The highest BCUT2D eigenvalue weighted by atomic mass is 32.1. The lowest BCUT2D eigenvalue weighted by Crippen LogP contribution is -2.37. The van der Waals surface area contributed by atoms with Gasteiger partial charge >= 0.3 is 0 Å². The van der Waals surface area contributed by atoms with Crippen LogP contribution in [-0.2, 0) is 22.3 Å². The van der Waals surface area contributed by atoms with E-state index in [1.807, 2.05) is 4.90 Å². The second-order valence-electron chi connectivity index (χ2n) is 7.63. The summed E-state index contributed by atoms with van der Waals surface area (Å²) in [6, 6.07) is 0. The monoisotopic (exact) mass is 353 g/mol. The molecule has 0 radical (unpaired) electrons. The quantitative estimate of drug-likeness (QED) is 0.751. The molecule has 1 atom stereocenters. The molecule has 1 unspecified atom stereocenters. The number of fused-ring (bicyclic) bond motifs is 1. The third-order valence-electron chi connectivity index (χ3n) is 5.03. The summed E-state index contributed by atoms with van der Waals surface area (Å²) in [5, 5.41) is 2.06. The van der Waals surface area contributed by atoms with Crippen molar-refractivity contribution in [3.05, 3.63) is 21.4 Å². The van der Waals surface area contributed by atoms with E-state index in [4.69, 9.17) is 9.47 Å². The minimum absolute atomic E-state index is 0.121. The van der Waals surface area contributed by atoms with Crippen LogP contribution in [0.3, 0.4) is 0 Å². The van der Waals surface area contributed by atoms with E-state index in [0.29, 0.717) is 37.6 Å². The molecule has 0 aromatic carbocycles. The van der Waals surface area contributed by atoms with Crippen molar-refractivity contribution in [2.75, 3.05) is 40.5 Å². The first-order valence-corrected chi connectivity index (χ1v) is 9.62. The summed E-state index contributed by atoms with van der Waals surface area (Å²) >= 11 is 1.76. The Labute approximate surface area is 150 Å². The Hall–Kier alpha value is -0.910. The number of amides is 1. The summed E-state index contributed by atoms with van der Waals surface area (Å²) < 4.78 is 10.3. The lowest BCUT2D eigenvalue weighted by atomic mass is 9.72. The molecular formula is C19H31NO3S. The van der Waals surface area contributed by atoms with Gasteiger partial charge < -0.3 is 14.4 Å². The van der Waals surface area contributed by atoms with Crippen LogP contribution in [0.2, 0.25) is 0 Å². The maximum Gasteiger partial charge on any atom is 0.255 e. The molecule has 1 aromatic rings. The van der Waals surface area contributed by atoms with Crippen LogP contribution in [0, 0.1) is 11.3 Å². The van der Waals surface area contributed by atoms with Crippen molar-refractivity contribution in [2.45, 2.75) is 40.0 Å². The minimum Gasteiger partial charge on any atom is -0.383 e. The van der Waals surface area contributed by atoms with E-state index in [1.54, 1.807) is 25.6 Å². The van der Waals surface area contributed by atoms with Gasteiger partial charge in [-0.25, -0.2) is 0 Å². The Morgan fingerprint density at radius 1 is 1.25 bits per heavy atom. The van der Waals surface area contributed by atoms with Gasteiger partial charge in [-0.3, -0.25) is 4.79 Å². The number of ether oxygens (including phenoxy) is 2. The van der Waals surface area contributed by atoms with E-state index in [9.17, 15) is 4.79 Å². The number of nitrogens with zero attached hydrogens (tertiary/aromatic N) is 1. The number of thiophene rings is 1. The fourth-order valence-corrected chi connectivity index (χ4v) is 4.47. The van der Waals surface area contributed by atoms with Crippen LogP contribution in [0.1, 0.15) is 48.0 Å². The molecular weight excluding hydrogens is 322 g/mol. The smallest absolute Gasteiger partial charge is 0.255 e. The topological polar surface area (TPSA) is 38.8 Å². The molecule has 0 bridgehead atoms. The van der Waals surface area contributed by atoms with Crippen LogP contribution >= 0.6 is 11.3 Å². The van der Waals surface area contributed by atoms with Crippen molar-refractivity contribution in [2.24, 2.45) is 11.3 Å². The van der Waals surface area contributed by atoms with Gasteiger partial charge in [0.25, 0.3) is 5.91 Å². The van der Waals surface area contributed by atoms with E-state index in [2.05, 4.69) is 26.2 Å². The second-order valence-corrected chi connectivity index (χ2v) is 8.60. The van der Waals surface area contributed by atoms with E-state index in [1.165, 1.54) is 16.9 Å². The molecule has 1 heterocycles. The highest BCUT2D eigenvalue weighted by Crippen LogP contribution is 2.40. The third-order valence-corrected chi connectivity index (χ3v) is 6.08. The zero-order valence-electron chi connectivity index (χ0n) is 15.7. The average Bonchev–Trinajstić information content (AvgIpc) is 2.96. The van der Waals surface area contributed by atoms with Gasteiger partial charge in [-0.1, -0.05) is 20.8 Å². The molecule has 2 rings (SSSR count). The van der Waals surface area contributed by atoms with E-state index >= 15 is 0 Å². The summed E-state index contributed by atoms with van der Waals surface area (Å²) in [6.45, 7) is 9.27. The van der Waals surface area contributed by atoms with E-state index < -0.39 is 0 Å². The fourth-order valence-electron chi connectivity index (χ4n) is 3.32. The Morgan fingerprint density at radius 2 is 1.88 bits per heavy atom. The predicted octanol–water partition coefficient (Wildman–Crippen LogP) is 3.63.